The Morgan fingerprint density at radius 2 is 1.40 bits per heavy atom. The molecule has 1 rings (SSSR count). The van der Waals surface area contributed by atoms with E-state index < -0.39 is 16.6 Å². The van der Waals surface area contributed by atoms with E-state index in [4.69, 9.17) is 0 Å². The van der Waals surface area contributed by atoms with Gasteiger partial charge in [-0.15, -0.1) is 0 Å². The van der Waals surface area contributed by atoms with E-state index in [0.29, 0.717) is 5.69 Å². The first kappa shape index (κ1) is 25.7. The van der Waals surface area contributed by atoms with Crippen molar-refractivity contribution >= 4 is 17.6 Å². The molecule has 0 fully saturated rings. The summed E-state index contributed by atoms with van der Waals surface area (Å²) in [6.07, 6.45) is 16.3. The summed E-state index contributed by atoms with van der Waals surface area (Å²) in [7, 11) is 0. The Morgan fingerprint density at radius 1 is 0.900 bits per heavy atom. The van der Waals surface area contributed by atoms with Gasteiger partial charge in [0.15, 0.2) is 5.69 Å². The number of carbonyl (C=O) groups is 2. The monoisotopic (exact) mass is 419 g/mol. The Hall–Kier alpha value is -2.31. The van der Waals surface area contributed by atoms with Crippen molar-refractivity contribution in [1.82, 2.24) is 10.3 Å². The summed E-state index contributed by atoms with van der Waals surface area (Å²) in [4.78, 5) is 38.0. The van der Waals surface area contributed by atoms with E-state index in [1.54, 1.807) is 6.92 Å². The van der Waals surface area contributed by atoms with Gasteiger partial charge in [-0.05, 0) is 22.4 Å². The van der Waals surface area contributed by atoms with Crippen LogP contribution in [0.5, 0.6) is 0 Å². The lowest BCUT2D eigenvalue weighted by molar-refractivity contribution is -0.389. The molecule has 1 N–H and O–H groups in total. The summed E-state index contributed by atoms with van der Waals surface area (Å²) in [5.41, 5.74) is 0.436. The van der Waals surface area contributed by atoms with Gasteiger partial charge < -0.3 is 10.1 Å². The Morgan fingerprint density at radius 3 is 1.90 bits per heavy atom. The first-order chi connectivity index (χ1) is 14.4. The first-order valence-electron chi connectivity index (χ1n) is 11.4. The molecular weight excluding hydrogens is 382 g/mol. The lowest BCUT2D eigenvalue weighted by atomic mass is 10.0. The van der Waals surface area contributed by atoms with E-state index in [1.165, 1.54) is 70.3 Å². The van der Waals surface area contributed by atoms with Crippen molar-refractivity contribution in [3.63, 3.8) is 0 Å². The average molecular weight is 420 g/mol. The van der Waals surface area contributed by atoms with Crippen molar-refractivity contribution in [2.75, 3.05) is 0 Å². The fraction of sp³-hybridized carbons (Fsp3) is 0.696. The van der Waals surface area contributed by atoms with Crippen LogP contribution in [0.15, 0.2) is 12.1 Å². The molecule has 0 unspecified atom stereocenters. The molecule has 0 bridgehead atoms. The van der Waals surface area contributed by atoms with Crippen LogP contribution in [0.25, 0.3) is 0 Å². The van der Waals surface area contributed by atoms with Crippen LogP contribution in [-0.4, -0.2) is 21.7 Å². The number of hydrogen-bond acceptors (Lipinski definition) is 5. The molecule has 1 heterocycles. The largest absolute Gasteiger partial charge is 0.364 e. The van der Waals surface area contributed by atoms with Crippen LogP contribution in [-0.2, 0) is 4.79 Å². The third kappa shape index (κ3) is 11.6. The van der Waals surface area contributed by atoms with Gasteiger partial charge in [0.25, 0.3) is 5.91 Å². The summed E-state index contributed by atoms with van der Waals surface area (Å²) in [6.45, 7) is 3.81. The number of aromatic nitrogens is 1. The first-order valence-corrected chi connectivity index (χ1v) is 11.4. The smallest absolute Gasteiger partial charge is 0.358 e. The zero-order valence-corrected chi connectivity index (χ0v) is 18.6. The van der Waals surface area contributed by atoms with Crippen LogP contribution >= 0.6 is 0 Å². The van der Waals surface area contributed by atoms with Gasteiger partial charge in [-0.25, -0.2) is 0 Å². The zero-order chi connectivity index (χ0) is 22.2. The summed E-state index contributed by atoms with van der Waals surface area (Å²) >= 11 is 0. The minimum atomic E-state index is -0.654. The summed E-state index contributed by atoms with van der Waals surface area (Å²) in [5.74, 6) is -1.37. The molecule has 168 valence electrons. The highest BCUT2D eigenvalue weighted by Gasteiger charge is 2.17. The third-order valence-corrected chi connectivity index (χ3v) is 5.15. The van der Waals surface area contributed by atoms with Crippen molar-refractivity contribution in [2.45, 2.75) is 104 Å². The van der Waals surface area contributed by atoms with E-state index in [1.807, 2.05) is 0 Å². The maximum Gasteiger partial charge on any atom is 0.364 e. The number of amides is 2. The number of nitro groups is 1. The maximum absolute atomic E-state index is 12.1. The number of imide groups is 1. The zero-order valence-electron chi connectivity index (χ0n) is 18.6. The number of pyridine rings is 1. The van der Waals surface area contributed by atoms with Gasteiger partial charge in [0.05, 0.1) is 5.56 Å². The van der Waals surface area contributed by atoms with Gasteiger partial charge in [-0.1, -0.05) is 84.0 Å². The van der Waals surface area contributed by atoms with Crippen LogP contribution in [0.4, 0.5) is 5.82 Å². The normalized spacial score (nSPS) is 10.7. The van der Waals surface area contributed by atoms with Crippen LogP contribution in [0.3, 0.4) is 0 Å². The Bertz CT molecular complexity index is 676. The molecule has 7 heteroatoms. The quantitative estimate of drug-likeness (QED) is 0.200. The molecule has 0 atom stereocenters. The second-order valence-corrected chi connectivity index (χ2v) is 7.98. The van der Waals surface area contributed by atoms with E-state index >= 15 is 0 Å². The average Bonchev–Trinajstić information content (AvgIpc) is 2.70. The van der Waals surface area contributed by atoms with Crippen LogP contribution in [0, 0.1) is 17.0 Å². The number of aryl methyl sites for hydroxylation is 1. The highest BCUT2D eigenvalue weighted by molar-refractivity contribution is 6.04. The topological polar surface area (TPSA) is 102 Å². The van der Waals surface area contributed by atoms with E-state index in [9.17, 15) is 19.7 Å². The molecule has 7 nitrogen and oxygen atoms in total. The molecule has 0 spiro atoms. The highest BCUT2D eigenvalue weighted by atomic mass is 16.6. The SMILES string of the molecule is CCCCCCCCCCCCCCCC(=O)NC(=O)c1cc(C)nc([N+](=O)[O-])c1. The molecule has 0 aliphatic carbocycles. The molecule has 0 aliphatic heterocycles. The third-order valence-electron chi connectivity index (χ3n) is 5.15. The van der Waals surface area contributed by atoms with Crippen molar-refractivity contribution in [3.8, 4) is 0 Å². The Labute approximate surface area is 180 Å². The van der Waals surface area contributed by atoms with Gasteiger partial charge in [0.2, 0.25) is 5.91 Å². The van der Waals surface area contributed by atoms with Crippen LogP contribution in [0.1, 0.15) is 113 Å². The minimum Gasteiger partial charge on any atom is -0.358 e. The summed E-state index contributed by atoms with van der Waals surface area (Å²) < 4.78 is 0. The summed E-state index contributed by atoms with van der Waals surface area (Å²) in [6, 6.07) is 2.52. The predicted octanol–water partition coefficient (Wildman–Crippen LogP) is 6.04. The molecule has 0 aliphatic rings. The molecule has 1 aromatic heterocycles. The molecule has 0 radical (unpaired) electrons. The van der Waals surface area contributed by atoms with E-state index in [2.05, 4.69) is 17.2 Å². The second kappa shape index (κ2) is 15.5. The number of nitrogens with one attached hydrogen (secondary N) is 1. The van der Waals surface area contributed by atoms with Crippen molar-refractivity contribution in [2.24, 2.45) is 0 Å². The summed E-state index contributed by atoms with van der Waals surface area (Å²) in [5, 5.41) is 13.1. The highest BCUT2D eigenvalue weighted by Crippen LogP contribution is 2.14. The molecule has 1 aromatic rings. The standard InChI is InChI=1S/C23H37N3O4/c1-3-4-5-6-7-8-9-10-11-12-13-14-15-16-22(27)25-23(28)20-17-19(2)24-21(18-20)26(29)30/h17-18H,3-16H2,1-2H3,(H,25,27,28). The van der Waals surface area contributed by atoms with Crippen LogP contribution in [0.2, 0.25) is 0 Å². The van der Waals surface area contributed by atoms with Crippen molar-refractivity contribution < 1.29 is 14.5 Å². The van der Waals surface area contributed by atoms with Gasteiger partial charge in [0, 0.05) is 19.4 Å². The number of nitrogens with zero attached hydrogens (tertiary/aromatic N) is 2. The number of unbranched alkanes of at least 4 members (excludes halogenated alkanes) is 12. The second-order valence-electron chi connectivity index (χ2n) is 7.98. The molecule has 0 saturated carbocycles. The van der Waals surface area contributed by atoms with Gasteiger partial charge in [-0.2, -0.15) is 0 Å². The van der Waals surface area contributed by atoms with E-state index in [-0.39, 0.29) is 17.9 Å². The molecule has 0 saturated heterocycles. The number of rotatable bonds is 16. The molecular formula is C23H37N3O4. The molecule has 30 heavy (non-hydrogen) atoms. The molecule has 0 aromatic carbocycles. The van der Waals surface area contributed by atoms with E-state index in [0.717, 1.165) is 25.3 Å². The van der Waals surface area contributed by atoms with Crippen molar-refractivity contribution in [1.29, 1.82) is 0 Å². The van der Waals surface area contributed by atoms with Crippen LogP contribution < -0.4 is 5.32 Å². The Balaban J connectivity index is 2.09. The minimum absolute atomic E-state index is 0.0768. The lowest BCUT2D eigenvalue weighted by Crippen LogP contribution is -2.30. The fourth-order valence-electron chi connectivity index (χ4n) is 3.44. The van der Waals surface area contributed by atoms with Gasteiger partial charge in [0.1, 0.15) is 0 Å². The predicted molar refractivity (Wildman–Crippen MR) is 118 cm³/mol. The molecule has 2 amide bonds. The number of hydrogen-bond donors (Lipinski definition) is 1. The van der Waals surface area contributed by atoms with Crippen molar-refractivity contribution in [3.05, 3.63) is 33.5 Å². The van der Waals surface area contributed by atoms with Gasteiger partial charge >= 0.3 is 5.82 Å². The maximum atomic E-state index is 12.1. The Kier molecular flexibility index (Phi) is 13.3. The van der Waals surface area contributed by atoms with Gasteiger partial charge in [-0.3, -0.25) is 14.9 Å². The lowest BCUT2D eigenvalue weighted by Gasteiger charge is -2.05. The fourth-order valence-corrected chi connectivity index (χ4v) is 3.44. The number of carbonyl (C=O) groups excluding carboxylic acids is 2.